The minimum absolute atomic E-state index is 0.482. The highest BCUT2D eigenvalue weighted by atomic mass is 16.6. The number of benzene rings is 1. The first kappa shape index (κ1) is 12.3. The van der Waals surface area contributed by atoms with Gasteiger partial charge in [0.15, 0.2) is 23.0 Å². The van der Waals surface area contributed by atoms with Crippen LogP contribution in [0.1, 0.15) is 34.1 Å². The molecular formula is C17H20O2. The summed E-state index contributed by atoms with van der Waals surface area (Å²) in [6.45, 7) is 8.86. The van der Waals surface area contributed by atoms with Crippen LogP contribution in [0, 0.1) is 11.8 Å². The van der Waals surface area contributed by atoms with Crippen molar-refractivity contribution < 1.29 is 9.47 Å². The highest BCUT2D eigenvalue weighted by Gasteiger charge is 2.34. The number of hydrogen-bond acceptors (Lipinski definition) is 2. The lowest BCUT2D eigenvalue weighted by molar-refractivity contribution is 0.289. The van der Waals surface area contributed by atoms with E-state index in [0.29, 0.717) is 11.8 Å². The molecule has 1 aliphatic heterocycles. The van der Waals surface area contributed by atoms with Crippen LogP contribution in [-0.2, 0) is 0 Å². The van der Waals surface area contributed by atoms with Crippen LogP contribution in [0.4, 0.5) is 0 Å². The van der Waals surface area contributed by atoms with Crippen molar-refractivity contribution in [2.75, 3.05) is 0 Å². The van der Waals surface area contributed by atoms with Gasteiger partial charge in [-0.15, -0.1) is 0 Å². The lowest BCUT2D eigenvalue weighted by Gasteiger charge is -2.23. The van der Waals surface area contributed by atoms with Gasteiger partial charge in [0.1, 0.15) is 0 Å². The maximum atomic E-state index is 6.11. The first-order valence-electron chi connectivity index (χ1n) is 6.99. The fraction of sp³-hybridized carbons (Fsp3) is 0.412. The topological polar surface area (TPSA) is 18.5 Å². The molecule has 0 aromatic heterocycles. The quantitative estimate of drug-likeness (QED) is 0.764. The molecule has 0 bridgehead atoms. The molecule has 3 rings (SSSR count). The van der Waals surface area contributed by atoms with Gasteiger partial charge in [0.25, 0.3) is 0 Å². The van der Waals surface area contributed by atoms with E-state index in [4.69, 9.17) is 9.47 Å². The second kappa shape index (κ2) is 4.44. The summed E-state index contributed by atoms with van der Waals surface area (Å²) in [6.07, 6.45) is 0.980. The predicted octanol–water partition coefficient (Wildman–Crippen LogP) is 4.68. The van der Waals surface area contributed by atoms with E-state index in [0.717, 1.165) is 29.4 Å². The monoisotopic (exact) mass is 256 g/mol. The van der Waals surface area contributed by atoms with Crippen LogP contribution >= 0.6 is 0 Å². The van der Waals surface area contributed by atoms with Crippen molar-refractivity contribution in [3.05, 3.63) is 46.9 Å². The van der Waals surface area contributed by atoms with Gasteiger partial charge in [-0.2, -0.15) is 0 Å². The Kier molecular flexibility index (Phi) is 2.89. The summed E-state index contributed by atoms with van der Waals surface area (Å²) in [5.74, 6) is 4.52. The molecule has 0 spiro atoms. The molecule has 0 saturated carbocycles. The summed E-state index contributed by atoms with van der Waals surface area (Å²) in [4.78, 5) is 0. The first-order valence-corrected chi connectivity index (χ1v) is 6.99. The molecule has 0 fully saturated rings. The van der Waals surface area contributed by atoms with E-state index >= 15 is 0 Å². The lowest BCUT2D eigenvalue weighted by Crippen LogP contribution is -2.13. The second-order valence-electron chi connectivity index (χ2n) is 5.85. The van der Waals surface area contributed by atoms with Crippen LogP contribution in [-0.4, -0.2) is 0 Å². The molecule has 0 atom stereocenters. The molecule has 2 nitrogen and oxygen atoms in total. The molecule has 0 N–H and O–H groups in total. The SMILES string of the molecule is CC(C)C1=C2Oc3ccccc3OC2=C(C(C)C)C1. The van der Waals surface area contributed by atoms with E-state index in [1.54, 1.807) is 0 Å². The number of ether oxygens (including phenoxy) is 2. The van der Waals surface area contributed by atoms with Gasteiger partial charge in [0.05, 0.1) is 0 Å². The lowest BCUT2D eigenvalue weighted by atomic mass is 9.95. The fourth-order valence-electron chi connectivity index (χ4n) is 2.65. The summed E-state index contributed by atoms with van der Waals surface area (Å²) >= 11 is 0. The molecule has 1 heterocycles. The molecule has 1 aromatic rings. The van der Waals surface area contributed by atoms with Gasteiger partial charge < -0.3 is 9.47 Å². The average Bonchev–Trinajstić information content (AvgIpc) is 2.74. The van der Waals surface area contributed by atoms with E-state index in [1.807, 2.05) is 24.3 Å². The third-order valence-corrected chi connectivity index (χ3v) is 3.84. The van der Waals surface area contributed by atoms with E-state index in [2.05, 4.69) is 27.7 Å². The highest BCUT2D eigenvalue weighted by molar-refractivity contribution is 5.53. The van der Waals surface area contributed by atoms with Crippen LogP contribution in [0.5, 0.6) is 11.5 Å². The Labute approximate surface area is 114 Å². The van der Waals surface area contributed by atoms with Crippen molar-refractivity contribution in [3.63, 3.8) is 0 Å². The Bertz CT molecular complexity index is 526. The van der Waals surface area contributed by atoms with Gasteiger partial charge in [-0.3, -0.25) is 0 Å². The highest BCUT2D eigenvalue weighted by Crippen LogP contribution is 2.46. The summed E-state index contributed by atoms with van der Waals surface area (Å²) in [5, 5.41) is 0. The molecule has 0 radical (unpaired) electrons. The molecule has 0 saturated heterocycles. The standard InChI is InChI=1S/C17H20O2/c1-10(2)12-9-13(11(3)4)17-16(12)18-14-7-5-6-8-15(14)19-17/h5-8,10-11H,9H2,1-4H3. The van der Waals surface area contributed by atoms with Crippen molar-refractivity contribution >= 4 is 0 Å². The van der Waals surface area contributed by atoms with Crippen molar-refractivity contribution in [2.24, 2.45) is 11.8 Å². The summed E-state index contributed by atoms with van der Waals surface area (Å²) in [7, 11) is 0. The van der Waals surface area contributed by atoms with Gasteiger partial charge in [-0.25, -0.2) is 0 Å². The number of para-hydroxylation sites is 2. The Balaban J connectivity index is 2.11. The van der Waals surface area contributed by atoms with Crippen LogP contribution in [0.25, 0.3) is 0 Å². The average molecular weight is 256 g/mol. The van der Waals surface area contributed by atoms with Gasteiger partial charge in [0.2, 0.25) is 0 Å². The summed E-state index contributed by atoms with van der Waals surface area (Å²) in [6, 6.07) is 7.88. The van der Waals surface area contributed by atoms with Crippen molar-refractivity contribution in [2.45, 2.75) is 34.1 Å². The van der Waals surface area contributed by atoms with Gasteiger partial charge in [0, 0.05) is 0 Å². The Morgan fingerprint density at radius 2 is 1.21 bits per heavy atom. The zero-order valence-corrected chi connectivity index (χ0v) is 12.0. The van der Waals surface area contributed by atoms with Gasteiger partial charge in [-0.1, -0.05) is 39.8 Å². The van der Waals surface area contributed by atoms with Gasteiger partial charge in [-0.05, 0) is 41.5 Å². The van der Waals surface area contributed by atoms with E-state index in [1.165, 1.54) is 11.1 Å². The van der Waals surface area contributed by atoms with Crippen molar-refractivity contribution in [3.8, 4) is 11.5 Å². The Morgan fingerprint density at radius 1 is 0.789 bits per heavy atom. The minimum Gasteiger partial charge on any atom is -0.450 e. The third-order valence-electron chi connectivity index (χ3n) is 3.84. The molecule has 100 valence electrons. The van der Waals surface area contributed by atoms with Crippen molar-refractivity contribution in [1.29, 1.82) is 0 Å². The maximum absolute atomic E-state index is 6.11. The number of fused-ring (bicyclic) bond motifs is 2. The molecule has 0 unspecified atom stereocenters. The van der Waals surface area contributed by atoms with E-state index in [-0.39, 0.29) is 0 Å². The normalized spacial score (nSPS) is 17.6. The van der Waals surface area contributed by atoms with Crippen LogP contribution in [0.15, 0.2) is 46.9 Å². The molecule has 19 heavy (non-hydrogen) atoms. The van der Waals surface area contributed by atoms with Crippen LogP contribution in [0.3, 0.4) is 0 Å². The third kappa shape index (κ3) is 1.95. The molecule has 1 aliphatic carbocycles. The number of rotatable bonds is 2. The largest absolute Gasteiger partial charge is 0.450 e. The second-order valence-corrected chi connectivity index (χ2v) is 5.85. The number of allylic oxidation sites excluding steroid dienone is 2. The van der Waals surface area contributed by atoms with Crippen molar-refractivity contribution in [1.82, 2.24) is 0 Å². The van der Waals surface area contributed by atoms with E-state index < -0.39 is 0 Å². The van der Waals surface area contributed by atoms with Gasteiger partial charge >= 0.3 is 0 Å². The zero-order chi connectivity index (χ0) is 13.6. The number of hydrogen-bond donors (Lipinski definition) is 0. The summed E-state index contributed by atoms with van der Waals surface area (Å²) in [5.41, 5.74) is 2.71. The molecule has 2 heteroatoms. The predicted molar refractivity (Wildman–Crippen MR) is 76.0 cm³/mol. The Hall–Kier alpha value is -1.70. The minimum atomic E-state index is 0.482. The summed E-state index contributed by atoms with van der Waals surface area (Å²) < 4.78 is 12.2. The fourth-order valence-corrected chi connectivity index (χ4v) is 2.65. The van der Waals surface area contributed by atoms with E-state index in [9.17, 15) is 0 Å². The smallest absolute Gasteiger partial charge is 0.170 e. The molecular weight excluding hydrogens is 236 g/mol. The van der Waals surface area contributed by atoms with Crippen LogP contribution < -0.4 is 9.47 Å². The molecule has 0 amide bonds. The molecule has 1 aromatic carbocycles. The maximum Gasteiger partial charge on any atom is 0.170 e. The zero-order valence-electron chi connectivity index (χ0n) is 12.0. The Morgan fingerprint density at radius 3 is 1.58 bits per heavy atom. The van der Waals surface area contributed by atoms with Crippen LogP contribution in [0.2, 0.25) is 0 Å². The molecule has 2 aliphatic rings. The first-order chi connectivity index (χ1) is 9.08.